The van der Waals surface area contributed by atoms with Gasteiger partial charge < -0.3 is 14.7 Å². The van der Waals surface area contributed by atoms with Gasteiger partial charge in [0.2, 0.25) is 0 Å². The van der Waals surface area contributed by atoms with Gasteiger partial charge in [0.05, 0.1) is 19.7 Å². The zero-order valence-electron chi connectivity index (χ0n) is 18.1. The third-order valence-electron chi connectivity index (χ3n) is 5.84. The molecule has 4 heteroatoms. The molecule has 4 nitrogen and oxygen atoms in total. The van der Waals surface area contributed by atoms with Crippen LogP contribution in [0, 0.1) is 0 Å². The fraction of sp³-hybridized carbons (Fsp3) is 0.222. The summed E-state index contributed by atoms with van der Waals surface area (Å²) >= 11 is 0. The zero-order valence-corrected chi connectivity index (χ0v) is 18.1. The number of carbonyl (C=O) groups excluding carboxylic acids is 1. The number of hydrogen-bond acceptors (Lipinski definition) is 3. The number of hydrogen-bond donors (Lipinski definition) is 1. The van der Waals surface area contributed by atoms with E-state index in [1.807, 2.05) is 54.6 Å². The molecule has 31 heavy (non-hydrogen) atoms. The molecule has 3 aromatic carbocycles. The standard InChI is InChI=1S/C27H27NO3/c1-18(2)19-13-15-21(16-14-19)25-24(20-9-5-4-6-10-20)26(29)27(30)28(25)17-22-11-7-8-12-23(22)31-3/h4-16,18,25,29H,17H2,1-3H3. The summed E-state index contributed by atoms with van der Waals surface area (Å²) in [5.41, 5.74) is 4.57. The second kappa shape index (κ2) is 8.68. The summed E-state index contributed by atoms with van der Waals surface area (Å²) in [4.78, 5) is 15.0. The molecule has 3 aromatic rings. The van der Waals surface area contributed by atoms with Crippen LogP contribution in [0.15, 0.2) is 84.6 Å². The van der Waals surface area contributed by atoms with Crippen molar-refractivity contribution in [3.8, 4) is 5.75 Å². The van der Waals surface area contributed by atoms with E-state index >= 15 is 0 Å². The van der Waals surface area contributed by atoms with Crippen LogP contribution in [0.5, 0.6) is 5.75 Å². The predicted molar refractivity (Wildman–Crippen MR) is 123 cm³/mol. The van der Waals surface area contributed by atoms with E-state index in [1.165, 1.54) is 5.56 Å². The summed E-state index contributed by atoms with van der Waals surface area (Å²) in [5.74, 6) is 0.570. The number of aliphatic hydroxyl groups is 1. The summed E-state index contributed by atoms with van der Waals surface area (Å²) in [6.45, 7) is 4.65. The first-order chi connectivity index (χ1) is 15.0. The van der Waals surface area contributed by atoms with Gasteiger partial charge >= 0.3 is 0 Å². The number of nitrogens with zero attached hydrogens (tertiary/aromatic N) is 1. The van der Waals surface area contributed by atoms with Crippen LogP contribution in [-0.2, 0) is 11.3 Å². The average Bonchev–Trinajstić information content (AvgIpc) is 3.05. The number of carbonyl (C=O) groups is 1. The Morgan fingerprint density at radius 3 is 2.23 bits per heavy atom. The summed E-state index contributed by atoms with van der Waals surface area (Å²) in [7, 11) is 1.62. The average molecular weight is 414 g/mol. The second-order valence-corrected chi connectivity index (χ2v) is 8.10. The maximum absolute atomic E-state index is 13.2. The molecule has 0 saturated carbocycles. The molecule has 0 fully saturated rings. The number of benzene rings is 3. The molecule has 0 bridgehead atoms. The lowest BCUT2D eigenvalue weighted by atomic mass is 9.91. The van der Waals surface area contributed by atoms with Gasteiger partial charge in [0.15, 0.2) is 5.76 Å². The van der Waals surface area contributed by atoms with E-state index in [1.54, 1.807) is 12.0 Å². The highest BCUT2D eigenvalue weighted by molar-refractivity contribution is 6.05. The van der Waals surface area contributed by atoms with Crippen molar-refractivity contribution in [1.82, 2.24) is 4.90 Å². The number of amides is 1. The van der Waals surface area contributed by atoms with Crippen molar-refractivity contribution < 1.29 is 14.6 Å². The fourth-order valence-corrected chi connectivity index (χ4v) is 4.16. The number of ether oxygens (including phenoxy) is 1. The lowest BCUT2D eigenvalue weighted by molar-refractivity contribution is -0.130. The molecule has 1 unspecified atom stereocenters. The molecule has 1 atom stereocenters. The number of rotatable bonds is 6. The summed E-state index contributed by atoms with van der Waals surface area (Å²) < 4.78 is 5.50. The molecule has 0 spiro atoms. The first-order valence-electron chi connectivity index (χ1n) is 10.5. The molecule has 4 rings (SSSR count). The number of para-hydroxylation sites is 1. The van der Waals surface area contributed by atoms with E-state index in [0.717, 1.165) is 22.4 Å². The maximum atomic E-state index is 13.2. The van der Waals surface area contributed by atoms with Gasteiger partial charge in [-0.1, -0.05) is 86.6 Å². The monoisotopic (exact) mass is 413 g/mol. The van der Waals surface area contributed by atoms with Crippen molar-refractivity contribution in [3.63, 3.8) is 0 Å². The van der Waals surface area contributed by atoms with Gasteiger partial charge in [-0.05, 0) is 28.7 Å². The molecular weight excluding hydrogens is 386 g/mol. The van der Waals surface area contributed by atoms with Crippen molar-refractivity contribution >= 4 is 11.5 Å². The molecule has 0 aromatic heterocycles. The van der Waals surface area contributed by atoms with E-state index in [0.29, 0.717) is 18.0 Å². The van der Waals surface area contributed by atoms with E-state index < -0.39 is 0 Å². The van der Waals surface area contributed by atoms with Gasteiger partial charge in [-0.2, -0.15) is 0 Å². The van der Waals surface area contributed by atoms with Crippen LogP contribution in [0.2, 0.25) is 0 Å². The van der Waals surface area contributed by atoms with Gasteiger partial charge in [-0.3, -0.25) is 4.79 Å². The predicted octanol–water partition coefficient (Wildman–Crippen LogP) is 5.87. The Morgan fingerprint density at radius 2 is 1.58 bits per heavy atom. The van der Waals surface area contributed by atoms with E-state index in [9.17, 15) is 9.90 Å². The van der Waals surface area contributed by atoms with Crippen molar-refractivity contribution in [2.24, 2.45) is 0 Å². The van der Waals surface area contributed by atoms with E-state index in [4.69, 9.17) is 4.74 Å². The van der Waals surface area contributed by atoms with Crippen LogP contribution >= 0.6 is 0 Å². The third kappa shape index (κ3) is 3.93. The van der Waals surface area contributed by atoms with Crippen molar-refractivity contribution in [2.75, 3.05) is 7.11 Å². The van der Waals surface area contributed by atoms with Gasteiger partial charge in [0, 0.05) is 11.1 Å². The molecular formula is C27H27NO3. The van der Waals surface area contributed by atoms with Crippen molar-refractivity contribution in [1.29, 1.82) is 0 Å². The van der Waals surface area contributed by atoms with Crippen LogP contribution in [0.25, 0.3) is 5.57 Å². The van der Waals surface area contributed by atoms with Crippen molar-refractivity contribution in [2.45, 2.75) is 32.4 Å². The minimum atomic E-state index is -0.388. The highest BCUT2D eigenvalue weighted by Gasteiger charge is 2.41. The molecule has 1 aliphatic heterocycles. The quantitative estimate of drug-likeness (QED) is 0.550. The molecule has 0 saturated heterocycles. The van der Waals surface area contributed by atoms with Gasteiger partial charge in [0.1, 0.15) is 5.75 Å². The summed E-state index contributed by atoms with van der Waals surface area (Å²) in [6.07, 6.45) is 0. The Morgan fingerprint density at radius 1 is 0.935 bits per heavy atom. The van der Waals surface area contributed by atoms with E-state index in [2.05, 4.69) is 38.1 Å². The molecule has 1 amide bonds. The van der Waals surface area contributed by atoms with Crippen molar-refractivity contribution in [3.05, 3.63) is 107 Å². The Bertz CT molecular complexity index is 1100. The SMILES string of the molecule is COc1ccccc1CN1C(=O)C(O)=C(c2ccccc2)C1c1ccc(C(C)C)cc1. The lowest BCUT2D eigenvalue weighted by Crippen LogP contribution is -2.30. The van der Waals surface area contributed by atoms with Gasteiger partial charge in [0.25, 0.3) is 5.91 Å². The molecule has 1 N–H and O–H groups in total. The molecule has 1 heterocycles. The molecule has 1 aliphatic rings. The van der Waals surface area contributed by atoms with Crippen LogP contribution in [0.3, 0.4) is 0 Å². The number of aliphatic hydroxyl groups excluding tert-OH is 1. The molecule has 158 valence electrons. The summed E-state index contributed by atoms with van der Waals surface area (Å²) in [6, 6.07) is 25.2. The Labute approximate surface area is 183 Å². The Hall–Kier alpha value is -3.53. The Kier molecular flexibility index (Phi) is 5.81. The van der Waals surface area contributed by atoms with Gasteiger partial charge in [-0.25, -0.2) is 0 Å². The number of methoxy groups -OCH3 is 1. The van der Waals surface area contributed by atoms with Crippen LogP contribution in [0.1, 0.15) is 48.1 Å². The topological polar surface area (TPSA) is 49.8 Å². The minimum absolute atomic E-state index is 0.195. The first-order valence-corrected chi connectivity index (χ1v) is 10.5. The second-order valence-electron chi connectivity index (χ2n) is 8.10. The van der Waals surface area contributed by atoms with Crippen LogP contribution in [-0.4, -0.2) is 23.0 Å². The van der Waals surface area contributed by atoms with E-state index in [-0.39, 0.29) is 17.7 Å². The summed E-state index contributed by atoms with van der Waals surface area (Å²) in [5, 5.41) is 10.9. The normalized spacial score (nSPS) is 16.3. The first kappa shape index (κ1) is 20.7. The van der Waals surface area contributed by atoms with Crippen LogP contribution < -0.4 is 4.74 Å². The third-order valence-corrected chi connectivity index (χ3v) is 5.84. The lowest BCUT2D eigenvalue weighted by Gasteiger charge is -2.28. The Balaban J connectivity index is 1.81. The minimum Gasteiger partial charge on any atom is -0.503 e. The molecule has 0 radical (unpaired) electrons. The highest BCUT2D eigenvalue weighted by atomic mass is 16.5. The maximum Gasteiger partial charge on any atom is 0.290 e. The fourth-order valence-electron chi connectivity index (χ4n) is 4.16. The van der Waals surface area contributed by atoms with Gasteiger partial charge in [-0.15, -0.1) is 0 Å². The smallest absolute Gasteiger partial charge is 0.290 e. The largest absolute Gasteiger partial charge is 0.503 e. The molecule has 0 aliphatic carbocycles. The highest BCUT2D eigenvalue weighted by Crippen LogP contribution is 2.44. The zero-order chi connectivity index (χ0) is 22.0. The van der Waals surface area contributed by atoms with Crippen LogP contribution in [0.4, 0.5) is 0 Å².